The number of para-hydroxylation sites is 1. The van der Waals surface area contributed by atoms with E-state index in [4.69, 9.17) is 15.2 Å². The van der Waals surface area contributed by atoms with E-state index in [2.05, 4.69) is 0 Å². The summed E-state index contributed by atoms with van der Waals surface area (Å²) < 4.78 is 10.7. The van der Waals surface area contributed by atoms with Crippen molar-refractivity contribution < 1.29 is 19.1 Å². The average Bonchev–Trinajstić information content (AvgIpc) is 2.71. The first-order valence-electron chi connectivity index (χ1n) is 8.80. The lowest BCUT2D eigenvalue weighted by Gasteiger charge is -2.18. The molecule has 0 aliphatic rings. The summed E-state index contributed by atoms with van der Waals surface area (Å²) in [6.45, 7) is 0.271. The fraction of sp³-hybridized carbons (Fsp3) is 0.182. The summed E-state index contributed by atoms with van der Waals surface area (Å²) in [7, 11) is 3.35. The third-order valence-electron chi connectivity index (χ3n) is 4.46. The molecule has 6 nitrogen and oxygen atoms in total. The molecular weight excluding hydrogens is 356 g/mol. The molecule has 0 spiro atoms. The predicted molar refractivity (Wildman–Crippen MR) is 107 cm³/mol. The molecule has 0 unspecified atom stereocenters. The Kier molecular flexibility index (Phi) is 5.79. The van der Waals surface area contributed by atoms with Crippen LogP contribution >= 0.6 is 0 Å². The fourth-order valence-electron chi connectivity index (χ4n) is 2.91. The minimum atomic E-state index is -0.593. The van der Waals surface area contributed by atoms with Crippen molar-refractivity contribution in [2.75, 3.05) is 20.8 Å². The topological polar surface area (TPSA) is 81.9 Å². The van der Waals surface area contributed by atoms with Crippen LogP contribution in [0.15, 0.2) is 60.7 Å². The van der Waals surface area contributed by atoms with E-state index in [1.54, 1.807) is 43.3 Å². The maximum atomic E-state index is 12.4. The van der Waals surface area contributed by atoms with Gasteiger partial charge in [0.1, 0.15) is 11.5 Å². The minimum absolute atomic E-state index is 0.175. The maximum absolute atomic E-state index is 12.4. The Labute approximate surface area is 163 Å². The Morgan fingerprint density at radius 1 is 1.00 bits per heavy atom. The highest BCUT2D eigenvalue weighted by Crippen LogP contribution is 2.22. The molecule has 144 valence electrons. The number of fused-ring (bicyclic) bond motifs is 1. The number of hydrogen-bond acceptors (Lipinski definition) is 4. The zero-order valence-corrected chi connectivity index (χ0v) is 15.8. The SMILES string of the molecule is COc1ccc2cc(CN(C)C(=O)COc3ccccc3C(N)=O)ccc2c1. The molecule has 0 radical (unpaired) electrons. The van der Waals surface area contributed by atoms with E-state index in [0.29, 0.717) is 12.3 Å². The first-order chi connectivity index (χ1) is 13.5. The molecule has 0 aliphatic carbocycles. The number of nitrogens with two attached hydrogens (primary N) is 1. The average molecular weight is 378 g/mol. The Morgan fingerprint density at radius 2 is 1.71 bits per heavy atom. The summed E-state index contributed by atoms with van der Waals surface area (Å²) in [5, 5.41) is 2.15. The minimum Gasteiger partial charge on any atom is -0.497 e. The smallest absolute Gasteiger partial charge is 0.260 e. The molecule has 3 aromatic rings. The van der Waals surface area contributed by atoms with Crippen molar-refractivity contribution in [1.29, 1.82) is 0 Å². The largest absolute Gasteiger partial charge is 0.497 e. The summed E-state index contributed by atoms with van der Waals surface area (Å²) >= 11 is 0. The molecule has 2 amide bonds. The summed E-state index contributed by atoms with van der Waals surface area (Å²) in [5.74, 6) is 0.315. The van der Waals surface area contributed by atoms with Crippen molar-refractivity contribution in [3.8, 4) is 11.5 Å². The molecule has 3 rings (SSSR count). The van der Waals surface area contributed by atoms with E-state index >= 15 is 0 Å². The number of carbonyl (C=O) groups excluding carboxylic acids is 2. The van der Waals surface area contributed by atoms with Gasteiger partial charge in [-0.25, -0.2) is 0 Å². The van der Waals surface area contributed by atoms with Crippen LogP contribution in [-0.4, -0.2) is 37.5 Å². The molecule has 0 heterocycles. The highest BCUT2D eigenvalue weighted by Gasteiger charge is 2.13. The molecule has 6 heteroatoms. The molecule has 28 heavy (non-hydrogen) atoms. The fourth-order valence-corrected chi connectivity index (χ4v) is 2.91. The van der Waals surface area contributed by atoms with Gasteiger partial charge in [-0.1, -0.05) is 30.3 Å². The normalized spacial score (nSPS) is 10.5. The number of hydrogen-bond donors (Lipinski definition) is 1. The van der Waals surface area contributed by atoms with Crippen molar-refractivity contribution in [3.05, 3.63) is 71.8 Å². The molecule has 2 N–H and O–H groups in total. The highest BCUT2D eigenvalue weighted by molar-refractivity contribution is 5.95. The van der Waals surface area contributed by atoms with Gasteiger partial charge in [0.05, 0.1) is 12.7 Å². The van der Waals surface area contributed by atoms with Crippen LogP contribution in [0.25, 0.3) is 10.8 Å². The van der Waals surface area contributed by atoms with Gasteiger partial charge in [-0.3, -0.25) is 9.59 Å². The Balaban J connectivity index is 1.64. The van der Waals surface area contributed by atoms with Gasteiger partial charge < -0.3 is 20.1 Å². The van der Waals surface area contributed by atoms with Gasteiger partial charge in [0.15, 0.2) is 6.61 Å². The molecule has 0 aromatic heterocycles. The summed E-state index contributed by atoms with van der Waals surface area (Å²) in [6.07, 6.45) is 0. The first-order valence-corrected chi connectivity index (χ1v) is 8.80. The van der Waals surface area contributed by atoms with Gasteiger partial charge in [0.2, 0.25) is 0 Å². The quantitative estimate of drug-likeness (QED) is 0.685. The van der Waals surface area contributed by atoms with Gasteiger partial charge in [0, 0.05) is 13.6 Å². The van der Waals surface area contributed by atoms with Crippen molar-refractivity contribution >= 4 is 22.6 Å². The van der Waals surface area contributed by atoms with E-state index in [1.807, 2.05) is 36.4 Å². The number of amides is 2. The van der Waals surface area contributed by atoms with E-state index in [1.165, 1.54) is 0 Å². The van der Waals surface area contributed by atoms with Gasteiger partial charge in [-0.15, -0.1) is 0 Å². The van der Waals surface area contributed by atoms with Crippen molar-refractivity contribution in [2.45, 2.75) is 6.54 Å². The zero-order valence-electron chi connectivity index (χ0n) is 15.8. The molecule has 0 saturated carbocycles. The number of ether oxygens (including phenoxy) is 2. The van der Waals surface area contributed by atoms with Crippen LogP contribution in [0.3, 0.4) is 0 Å². The van der Waals surface area contributed by atoms with Gasteiger partial charge >= 0.3 is 0 Å². The van der Waals surface area contributed by atoms with E-state index in [-0.39, 0.29) is 18.1 Å². The maximum Gasteiger partial charge on any atom is 0.260 e. The van der Waals surface area contributed by atoms with Crippen LogP contribution in [0, 0.1) is 0 Å². The van der Waals surface area contributed by atoms with Gasteiger partial charge in [0.25, 0.3) is 11.8 Å². The number of nitrogens with zero attached hydrogens (tertiary/aromatic N) is 1. The number of primary amides is 1. The number of rotatable bonds is 7. The first kappa shape index (κ1) is 19.2. The second kappa shape index (κ2) is 8.43. The number of benzene rings is 3. The Morgan fingerprint density at radius 3 is 2.46 bits per heavy atom. The lowest BCUT2D eigenvalue weighted by Crippen LogP contribution is -2.31. The zero-order chi connectivity index (χ0) is 20.1. The van der Waals surface area contributed by atoms with Crippen LogP contribution in [-0.2, 0) is 11.3 Å². The van der Waals surface area contributed by atoms with Crippen LogP contribution in [0.4, 0.5) is 0 Å². The predicted octanol–water partition coefficient (Wildman–Crippen LogP) is 2.98. The molecular formula is C22H22N2O4. The molecule has 0 bridgehead atoms. The Bertz CT molecular complexity index is 1020. The third kappa shape index (κ3) is 4.40. The van der Waals surface area contributed by atoms with Crippen molar-refractivity contribution in [3.63, 3.8) is 0 Å². The third-order valence-corrected chi connectivity index (χ3v) is 4.46. The lowest BCUT2D eigenvalue weighted by atomic mass is 10.1. The second-order valence-electron chi connectivity index (χ2n) is 6.45. The van der Waals surface area contributed by atoms with Gasteiger partial charge in [-0.2, -0.15) is 0 Å². The number of carbonyl (C=O) groups is 2. The standard InChI is InChI=1S/C22H22N2O4/c1-24(21(25)14-28-20-6-4-3-5-19(20)22(23)26)13-15-7-8-17-12-18(27-2)10-9-16(17)11-15/h3-12H,13-14H2,1-2H3,(H2,23,26). The molecule has 3 aromatic carbocycles. The Hall–Kier alpha value is -3.54. The summed E-state index contributed by atoms with van der Waals surface area (Å²) in [4.78, 5) is 25.4. The molecule has 0 aliphatic heterocycles. The summed E-state index contributed by atoms with van der Waals surface area (Å²) in [6, 6.07) is 18.5. The van der Waals surface area contributed by atoms with E-state index in [0.717, 1.165) is 22.1 Å². The lowest BCUT2D eigenvalue weighted by molar-refractivity contribution is -0.132. The van der Waals surface area contributed by atoms with Gasteiger partial charge in [-0.05, 0) is 46.7 Å². The highest BCUT2D eigenvalue weighted by atomic mass is 16.5. The van der Waals surface area contributed by atoms with Crippen molar-refractivity contribution in [2.24, 2.45) is 5.73 Å². The van der Waals surface area contributed by atoms with E-state index in [9.17, 15) is 9.59 Å². The van der Waals surface area contributed by atoms with E-state index < -0.39 is 5.91 Å². The second-order valence-corrected chi connectivity index (χ2v) is 6.45. The monoisotopic (exact) mass is 378 g/mol. The van der Waals surface area contributed by atoms with Crippen LogP contribution in [0.1, 0.15) is 15.9 Å². The number of methoxy groups -OCH3 is 1. The molecule has 0 saturated heterocycles. The van der Waals surface area contributed by atoms with Crippen LogP contribution < -0.4 is 15.2 Å². The molecule has 0 atom stereocenters. The van der Waals surface area contributed by atoms with Crippen LogP contribution in [0.5, 0.6) is 11.5 Å². The molecule has 0 fully saturated rings. The summed E-state index contributed by atoms with van der Waals surface area (Å²) in [5.41, 5.74) is 6.58. The van der Waals surface area contributed by atoms with Crippen LogP contribution in [0.2, 0.25) is 0 Å². The number of likely N-dealkylation sites (N-methyl/N-ethyl adjacent to an activating group) is 1. The van der Waals surface area contributed by atoms with Crippen molar-refractivity contribution in [1.82, 2.24) is 4.90 Å².